The molecule has 0 fully saturated rings. The molecule has 0 aliphatic carbocycles. The van der Waals surface area contributed by atoms with Crippen LogP contribution in [-0.4, -0.2) is 67.2 Å². The van der Waals surface area contributed by atoms with Gasteiger partial charge in [-0.05, 0) is 61.7 Å². The Bertz CT molecular complexity index is 1100. The molecule has 0 bridgehead atoms. The van der Waals surface area contributed by atoms with E-state index < -0.39 is 6.61 Å². The molecule has 0 atom stereocenters. The van der Waals surface area contributed by atoms with Gasteiger partial charge in [-0.15, -0.1) is 0 Å². The number of halogens is 2. The molecule has 0 saturated heterocycles. The largest absolute Gasteiger partial charge is 0.494 e. The zero-order valence-corrected chi connectivity index (χ0v) is 19.4. The lowest BCUT2D eigenvalue weighted by molar-refractivity contribution is -0.131. The Labute approximate surface area is 198 Å². The van der Waals surface area contributed by atoms with E-state index >= 15 is 0 Å². The first-order valence-corrected chi connectivity index (χ1v) is 11.7. The Morgan fingerprint density at radius 1 is 1.12 bits per heavy atom. The summed E-state index contributed by atoms with van der Waals surface area (Å²) in [7, 11) is 1.90. The second kappa shape index (κ2) is 11.4. The summed E-state index contributed by atoms with van der Waals surface area (Å²) in [5.41, 5.74) is 4.13. The van der Waals surface area contributed by atoms with Gasteiger partial charge >= 0.3 is 6.61 Å². The highest BCUT2D eigenvalue weighted by Gasteiger charge is 2.25. The number of alkyl halides is 2. The molecule has 0 unspecified atom stereocenters. The topological polar surface area (TPSA) is 57.8 Å². The minimum atomic E-state index is -2.72. The van der Waals surface area contributed by atoms with Crippen molar-refractivity contribution in [2.24, 2.45) is 0 Å². The molecule has 1 N–H and O–H groups in total. The summed E-state index contributed by atoms with van der Waals surface area (Å²) in [6.45, 7) is 0.497. The summed E-state index contributed by atoms with van der Waals surface area (Å²) in [5.74, 6) is 0.936. The van der Waals surface area contributed by atoms with Gasteiger partial charge in [-0.2, -0.15) is 8.78 Å². The lowest BCUT2D eigenvalue weighted by Gasteiger charge is -2.16. The van der Waals surface area contributed by atoms with Crippen LogP contribution in [0.3, 0.4) is 0 Å². The van der Waals surface area contributed by atoms with Crippen LogP contribution in [0.4, 0.5) is 8.78 Å². The predicted molar refractivity (Wildman–Crippen MR) is 127 cm³/mol. The number of aromatic amines is 1. The van der Waals surface area contributed by atoms with Crippen LogP contribution < -0.4 is 4.74 Å². The number of hydrogen-bond acceptors (Lipinski definition) is 4. The normalized spacial score (nSPS) is 13.4. The van der Waals surface area contributed by atoms with Crippen LogP contribution in [0.5, 0.6) is 5.75 Å². The third-order valence-corrected chi connectivity index (χ3v) is 6.21. The van der Waals surface area contributed by atoms with Gasteiger partial charge in [0.05, 0.1) is 13.2 Å². The molecular formula is C26H31F2N3O3. The number of carbonyl (C=O) groups is 1. The lowest BCUT2D eigenvalue weighted by atomic mass is 10.1. The molecule has 1 aliphatic rings. The molecule has 2 heterocycles. The summed E-state index contributed by atoms with van der Waals surface area (Å²) in [6.07, 6.45) is 4.53. The molecule has 6 nitrogen and oxygen atoms in total. The van der Waals surface area contributed by atoms with E-state index in [2.05, 4.69) is 9.72 Å². The smallest absolute Gasteiger partial charge is 0.345 e. The van der Waals surface area contributed by atoms with Crippen molar-refractivity contribution in [2.75, 3.05) is 39.9 Å². The van der Waals surface area contributed by atoms with Crippen molar-refractivity contribution in [1.82, 2.24) is 14.8 Å². The average molecular weight is 472 g/mol. The van der Waals surface area contributed by atoms with Crippen LogP contribution in [0.1, 0.15) is 34.3 Å². The predicted octanol–water partition coefficient (Wildman–Crippen LogP) is 4.70. The number of benzene rings is 2. The molecule has 2 aromatic carbocycles. The molecule has 1 aliphatic heterocycles. The molecule has 8 heteroatoms. The van der Waals surface area contributed by atoms with Crippen molar-refractivity contribution in [1.29, 1.82) is 0 Å². The molecule has 34 heavy (non-hydrogen) atoms. The van der Waals surface area contributed by atoms with Gasteiger partial charge in [0.2, 0.25) is 0 Å². The molecule has 3 aromatic rings. The number of aromatic nitrogens is 1. The summed E-state index contributed by atoms with van der Waals surface area (Å²) in [4.78, 5) is 19.6. The second-order valence-corrected chi connectivity index (χ2v) is 8.65. The number of fused-ring (bicyclic) bond motifs is 2. The number of H-pyrrole nitrogens is 1. The van der Waals surface area contributed by atoms with Crippen molar-refractivity contribution in [3.05, 3.63) is 65.4 Å². The first-order valence-electron chi connectivity index (χ1n) is 11.7. The first-order chi connectivity index (χ1) is 16.5. The Balaban J connectivity index is 1.21. The Hall–Kier alpha value is -2.97. The van der Waals surface area contributed by atoms with Crippen molar-refractivity contribution in [3.8, 4) is 5.75 Å². The summed E-state index contributed by atoms with van der Waals surface area (Å²) < 4.78 is 34.5. The molecular weight excluding hydrogens is 440 g/mol. The van der Waals surface area contributed by atoms with Crippen molar-refractivity contribution >= 4 is 16.8 Å². The van der Waals surface area contributed by atoms with Crippen LogP contribution in [-0.2, 0) is 17.7 Å². The molecule has 0 radical (unpaired) electrons. The van der Waals surface area contributed by atoms with E-state index in [-0.39, 0.29) is 12.5 Å². The van der Waals surface area contributed by atoms with Gasteiger partial charge in [0, 0.05) is 48.8 Å². The minimum absolute atomic E-state index is 0.0128. The molecule has 1 amide bonds. The fraction of sp³-hybridized carbons (Fsp3) is 0.423. The van der Waals surface area contributed by atoms with Gasteiger partial charge < -0.3 is 24.3 Å². The highest BCUT2D eigenvalue weighted by molar-refractivity contribution is 5.98. The van der Waals surface area contributed by atoms with E-state index in [0.717, 1.165) is 65.7 Å². The molecule has 0 spiro atoms. The van der Waals surface area contributed by atoms with E-state index in [4.69, 9.17) is 4.74 Å². The van der Waals surface area contributed by atoms with Gasteiger partial charge in [0.1, 0.15) is 5.75 Å². The number of hydrogen-bond donors (Lipinski definition) is 1. The fourth-order valence-corrected chi connectivity index (χ4v) is 4.26. The number of likely N-dealkylation sites (N-methyl/N-ethyl adjacent to an activating group) is 1. The highest BCUT2D eigenvalue weighted by atomic mass is 19.3. The quantitative estimate of drug-likeness (QED) is 0.367. The SMILES string of the molecule is CN(CCOC(F)F)CCc1c[nH]c2ccc(OCCCCN3Cc4ccccc4C3=O)cc12. The number of unbranched alkanes of at least 4 members (excludes halogenated alkanes) is 1. The first kappa shape index (κ1) is 24.2. The maximum Gasteiger partial charge on any atom is 0.345 e. The number of nitrogens with one attached hydrogen (secondary N) is 1. The monoisotopic (exact) mass is 471 g/mol. The molecule has 1 aromatic heterocycles. The maximum atomic E-state index is 12.4. The number of rotatable bonds is 13. The van der Waals surface area contributed by atoms with E-state index in [1.807, 2.05) is 65.5 Å². The van der Waals surface area contributed by atoms with Crippen molar-refractivity contribution in [2.45, 2.75) is 32.4 Å². The van der Waals surface area contributed by atoms with Gasteiger partial charge in [0.25, 0.3) is 5.91 Å². The van der Waals surface area contributed by atoms with E-state index in [9.17, 15) is 13.6 Å². The average Bonchev–Trinajstić information content (AvgIpc) is 3.38. The highest BCUT2D eigenvalue weighted by Crippen LogP contribution is 2.25. The van der Waals surface area contributed by atoms with Gasteiger partial charge in [0.15, 0.2) is 0 Å². The standard InChI is InChI=1S/C26H31F2N3O3/c1-30(13-15-34-26(27)28)12-10-19-17-29-24-9-8-21(16-23(19)24)33-14-5-4-11-31-18-20-6-2-3-7-22(20)25(31)32/h2-3,6-9,16-17,26,29H,4-5,10-15,18H2,1H3. The van der Waals surface area contributed by atoms with Crippen molar-refractivity contribution < 1.29 is 23.0 Å². The molecule has 0 saturated carbocycles. The lowest BCUT2D eigenvalue weighted by Crippen LogP contribution is -2.26. The summed E-state index contributed by atoms with van der Waals surface area (Å²) in [6, 6.07) is 13.8. The van der Waals surface area contributed by atoms with Crippen LogP contribution in [0.15, 0.2) is 48.7 Å². The van der Waals surface area contributed by atoms with E-state index in [1.54, 1.807) is 0 Å². The molecule has 182 valence electrons. The van der Waals surface area contributed by atoms with Crippen LogP contribution in [0.2, 0.25) is 0 Å². The van der Waals surface area contributed by atoms with Crippen molar-refractivity contribution in [3.63, 3.8) is 0 Å². The van der Waals surface area contributed by atoms with E-state index in [0.29, 0.717) is 19.7 Å². The number of ether oxygens (including phenoxy) is 2. The van der Waals surface area contributed by atoms with Crippen LogP contribution in [0, 0.1) is 0 Å². The zero-order chi connectivity index (χ0) is 23.9. The Morgan fingerprint density at radius 2 is 1.97 bits per heavy atom. The summed E-state index contributed by atoms with van der Waals surface area (Å²) >= 11 is 0. The maximum absolute atomic E-state index is 12.4. The number of amides is 1. The zero-order valence-electron chi connectivity index (χ0n) is 19.4. The summed E-state index contributed by atoms with van der Waals surface area (Å²) in [5, 5.41) is 1.11. The third kappa shape index (κ3) is 6.12. The Kier molecular flexibility index (Phi) is 8.13. The fourth-order valence-electron chi connectivity index (χ4n) is 4.26. The minimum Gasteiger partial charge on any atom is -0.494 e. The van der Waals surface area contributed by atoms with Crippen LogP contribution >= 0.6 is 0 Å². The van der Waals surface area contributed by atoms with Gasteiger partial charge in [-0.25, -0.2) is 0 Å². The van der Waals surface area contributed by atoms with Crippen LogP contribution in [0.25, 0.3) is 10.9 Å². The van der Waals surface area contributed by atoms with Gasteiger partial charge in [-0.1, -0.05) is 18.2 Å². The number of nitrogens with zero attached hydrogens (tertiary/aromatic N) is 2. The molecule has 4 rings (SSSR count). The number of carbonyl (C=O) groups excluding carboxylic acids is 1. The van der Waals surface area contributed by atoms with E-state index in [1.165, 1.54) is 0 Å². The second-order valence-electron chi connectivity index (χ2n) is 8.65. The Morgan fingerprint density at radius 3 is 2.79 bits per heavy atom. The third-order valence-electron chi connectivity index (χ3n) is 6.21. The van der Waals surface area contributed by atoms with Gasteiger partial charge in [-0.3, -0.25) is 4.79 Å².